The van der Waals surface area contributed by atoms with E-state index in [4.69, 9.17) is 0 Å². The molecule has 1 heterocycles. The van der Waals surface area contributed by atoms with Crippen molar-refractivity contribution in [3.8, 4) is 0 Å². The lowest BCUT2D eigenvalue weighted by molar-refractivity contribution is 0.174. The zero-order valence-electron chi connectivity index (χ0n) is 13.2. The molecule has 0 radical (unpaired) electrons. The zero-order valence-corrected chi connectivity index (χ0v) is 14.9. The molecule has 1 N–H and O–H groups in total. The number of hydrogen-bond acceptors (Lipinski definition) is 4. The molecule has 1 aliphatic rings. The second kappa shape index (κ2) is 5.99. The van der Waals surface area contributed by atoms with E-state index in [0.717, 1.165) is 30.6 Å². The highest BCUT2D eigenvalue weighted by molar-refractivity contribution is 7.89. The molecule has 0 unspecified atom stereocenters. The number of aliphatic hydroxyl groups excluding tert-OH is 1. The molecule has 0 atom stereocenters. The molecule has 21 heavy (non-hydrogen) atoms. The van der Waals surface area contributed by atoms with Gasteiger partial charge in [0.1, 0.15) is 0 Å². The van der Waals surface area contributed by atoms with Gasteiger partial charge in [0.15, 0.2) is 0 Å². The van der Waals surface area contributed by atoms with E-state index in [9.17, 15) is 13.5 Å². The van der Waals surface area contributed by atoms with Crippen LogP contribution in [-0.4, -0.2) is 30.9 Å². The van der Waals surface area contributed by atoms with Gasteiger partial charge in [-0.05, 0) is 44.1 Å². The van der Waals surface area contributed by atoms with Crippen LogP contribution in [0.2, 0.25) is 0 Å². The number of nitrogens with zero attached hydrogens (tertiary/aromatic N) is 1. The third-order valence-electron chi connectivity index (χ3n) is 4.56. The molecule has 0 spiro atoms. The highest BCUT2D eigenvalue weighted by atomic mass is 32.2. The van der Waals surface area contributed by atoms with E-state index >= 15 is 0 Å². The van der Waals surface area contributed by atoms with Crippen LogP contribution in [0.1, 0.15) is 49.3 Å². The number of sulfonamides is 1. The van der Waals surface area contributed by atoms with Gasteiger partial charge in [0.2, 0.25) is 10.0 Å². The van der Waals surface area contributed by atoms with Gasteiger partial charge in [-0.3, -0.25) is 0 Å². The molecule has 6 heteroatoms. The van der Waals surface area contributed by atoms with Crippen molar-refractivity contribution in [3.05, 3.63) is 15.8 Å². The summed E-state index contributed by atoms with van der Waals surface area (Å²) in [4.78, 5) is 1.80. The summed E-state index contributed by atoms with van der Waals surface area (Å²) in [5.41, 5.74) is 0.323. The summed E-state index contributed by atoms with van der Waals surface area (Å²) in [7, 11) is -1.77. The number of hydrogen-bond donors (Lipinski definition) is 1. The fourth-order valence-corrected chi connectivity index (χ4v) is 5.83. The van der Waals surface area contributed by atoms with Crippen molar-refractivity contribution < 1.29 is 13.5 Å². The molecular formula is C15H25NO3S2. The van der Waals surface area contributed by atoms with Crippen molar-refractivity contribution in [2.75, 3.05) is 7.05 Å². The summed E-state index contributed by atoms with van der Waals surface area (Å²) in [6.45, 7) is 6.18. The van der Waals surface area contributed by atoms with Crippen LogP contribution in [0.5, 0.6) is 0 Å². The lowest BCUT2D eigenvalue weighted by Gasteiger charge is -2.38. The van der Waals surface area contributed by atoms with Gasteiger partial charge in [-0.25, -0.2) is 8.42 Å². The Morgan fingerprint density at radius 3 is 2.43 bits per heavy atom. The largest absolute Gasteiger partial charge is 0.391 e. The Balaban J connectivity index is 2.21. The Kier molecular flexibility index (Phi) is 4.83. The first kappa shape index (κ1) is 16.9. The van der Waals surface area contributed by atoms with Gasteiger partial charge in [0, 0.05) is 22.8 Å². The summed E-state index contributed by atoms with van der Waals surface area (Å²) in [5.74, 6) is 0. The predicted octanol–water partition coefficient (Wildman–Crippen LogP) is 3.14. The van der Waals surface area contributed by atoms with Crippen LogP contribution >= 0.6 is 11.3 Å². The standard InChI is InChI=1S/C15H25NO3S2/c1-11-14(9-13(10-17)20-11)21(18,19)16(4)12-5-7-15(2,3)8-6-12/h9,12,17H,5-8,10H2,1-4H3. The van der Waals surface area contributed by atoms with Crippen molar-refractivity contribution in [2.45, 2.75) is 64.0 Å². The molecule has 1 aliphatic carbocycles. The molecular weight excluding hydrogens is 306 g/mol. The van der Waals surface area contributed by atoms with Gasteiger partial charge in [-0.1, -0.05) is 13.8 Å². The maximum atomic E-state index is 12.8. The minimum Gasteiger partial charge on any atom is -0.391 e. The Morgan fingerprint density at radius 1 is 1.38 bits per heavy atom. The van der Waals surface area contributed by atoms with Crippen LogP contribution in [0.15, 0.2) is 11.0 Å². The number of thiophene rings is 1. The molecule has 1 aromatic rings. The quantitative estimate of drug-likeness (QED) is 0.922. The van der Waals surface area contributed by atoms with E-state index in [-0.39, 0.29) is 12.6 Å². The van der Waals surface area contributed by atoms with Crippen LogP contribution in [0.3, 0.4) is 0 Å². The molecule has 4 nitrogen and oxygen atoms in total. The fraction of sp³-hybridized carbons (Fsp3) is 0.733. The van der Waals surface area contributed by atoms with Crippen LogP contribution in [-0.2, 0) is 16.6 Å². The van der Waals surface area contributed by atoms with Gasteiger partial charge in [-0.2, -0.15) is 4.31 Å². The van der Waals surface area contributed by atoms with Gasteiger partial charge >= 0.3 is 0 Å². The number of rotatable bonds is 4. The first-order valence-corrected chi connectivity index (χ1v) is 9.61. The highest BCUT2D eigenvalue weighted by Gasteiger charge is 2.35. The van der Waals surface area contributed by atoms with Gasteiger partial charge in [0.05, 0.1) is 11.5 Å². The van der Waals surface area contributed by atoms with Crippen molar-refractivity contribution in [1.82, 2.24) is 4.31 Å². The first-order chi connectivity index (χ1) is 9.67. The van der Waals surface area contributed by atoms with E-state index < -0.39 is 10.0 Å². The van der Waals surface area contributed by atoms with Crippen LogP contribution in [0.4, 0.5) is 0 Å². The lowest BCUT2D eigenvalue weighted by Crippen LogP contribution is -2.40. The van der Waals surface area contributed by atoms with Crippen LogP contribution in [0, 0.1) is 12.3 Å². The van der Waals surface area contributed by atoms with Crippen molar-refractivity contribution in [2.24, 2.45) is 5.41 Å². The summed E-state index contributed by atoms with van der Waals surface area (Å²) in [6.07, 6.45) is 3.95. The normalized spacial score (nSPS) is 20.1. The summed E-state index contributed by atoms with van der Waals surface area (Å²) in [5, 5.41) is 9.19. The average Bonchev–Trinajstić information content (AvgIpc) is 2.80. The summed E-state index contributed by atoms with van der Waals surface area (Å²) in [6, 6.07) is 1.69. The predicted molar refractivity (Wildman–Crippen MR) is 86.0 cm³/mol. The Hall–Kier alpha value is -0.430. The van der Waals surface area contributed by atoms with Gasteiger partial charge < -0.3 is 5.11 Å². The van der Waals surface area contributed by atoms with E-state index in [1.165, 1.54) is 11.3 Å². The molecule has 2 rings (SSSR count). The average molecular weight is 332 g/mol. The smallest absolute Gasteiger partial charge is 0.244 e. The lowest BCUT2D eigenvalue weighted by atomic mass is 9.76. The van der Waals surface area contributed by atoms with Gasteiger partial charge in [0.25, 0.3) is 0 Å². The van der Waals surface area contributed by atoms with Gasteiger partial charge in [-0.15, -0.1) is 11.3 Å². The Labute approximate surface area is 131 Å². The first-order valence-electron chi connectivity index (χ1n) is 7.35. The molecule has 120 valence electrons. The SMILES string of the molecule is Cc1sc(CO)cc1S(=O)(=O)N(C)C1CCC(C)(C)CC1. The molecule has 1 fully saturated rings. The van der Waals surface area contributed by atoms with Crippen molar-refractivity contribution in [3.63, 3.8) is 0 Å². The maximum absolute atomic E-state index is 12.8. The minimum atomic E-state index is -3.46. The van der Waals surface area contributed by atoms with Crippen molar-refractivity contribution >= 4 is 21.4 Å². The van der Waals surface area contributed by atoms with E-state index in [2.05, 4.69) is 13.8 Å². The highest BCUT2D eigenvalue weighted by Crippen LogP contribution is 2.38. The molecule has 0 aliphatic heterocycles. The Morgan fingerprint density at radius 2 is 1.95 bits per heavy atom. The topological polar surface area (TPSA) is 57.6 Å². The third-order valence-corrected chi connectivity index (χ3v) is 7.76. The fourth-order valence-electron chi connectivity index (χ4n) is 2.96. The molecule has 0 saturated heterocycles. The van der Waals surface area contributed by atoms with Crippen LogP contribution < -0.4 is 0 Å². The Bertz CT molecular complexity index is 594. The monoisotopic (exact) mass is 331 g/mol. The zero-order chi connectivity index (χ0) is 15.8. The van der Waals surface area contributed by atoms with E-state index in [1.807, 2.05) is 0 Å². The molecule has 0 aromatic carbocycles. The second-order valence-corrected chi connectivity index (χ2v) is 10.0. The minimum absolute atomic E-state index is 0.0832. The van der Waals surface area contributed by atoms with Crippen molar-refractivity contribution in [1.29, 1.82) is 0 Å². The van der Waals surface area contributed by atoms with E-state index in [0.29, 0.717) is 15.2 Å². The second-order valence-electron chi connectivity index (χ2n) is 6.71. The van der Waals surface area contributed by atoms with E-state index in [1.54, 1.807) is 24.3 Å². The third kappa shape index (κ3) is 3.50. The summed E-state index contributed by atoms with van der Waals surface area (Å²) < 4.78 is 27.1. The molecule has 1 aromatic heterocycles. The number of aryl methyl sites for hydroxylation is 1. The molecule has 1 saturated carbocycles. The number of aliphatic hydroxyl groups is 1. The summed E-state index contributed by atoms with van der Waals surface area (Å²) >= 11 is 1.35. The van der Waals surface area contributed by atoms with Crippen LogP contribution in [0.25, 0.3) is 0 Å². The molecule has 0 amide bonds. The molecule has 0 bridgehead atoms. The maximum Gasteiger partial charge on any atom is 0.244 e.